The molecule has 0 unspecified atom stereocenters. The van der Waals surface area contributed by atoms with Crippen LogP contribution >= 0.6 is 0 Å². The number of nitrogens with zero attached hydrogens (tertiary/aromatic N) is 1. The topological polar surface area (TPSA) is 57.6 Å². The van der Waals surface area contributed by atoms with Gasteiger partial charge in [0, 0.05) is 24.4 Å². The van der Waals surface area contributed by atoms with Crippen molar-refractivity contribution in [3.8, 4) is 5.75 Å². The second-order valence-corrected chi connectivity index (χ2v) is 9.67. The smallest absolute Gasteiger partial charge is 0.120 e. The molecular formula is C27H35N3O2. The molecule has 5 nitrogen and oxygen atoms in total. The fourth-order valence-electron chi connectivity index (χ4n) is 3.68. The molecule has 0 radical (unpaired) electrons. The summed E-state index contributed by atoms with van der Waals surface area (Å²) in [5, 5.41) is 12.1. The fourth-order valence-corrected chi connectivity index (χ4v) is 3.68. The Hall–Kier alpha value is -2.79. The summed E-state index contributed by atoms with van der Waals surface area (Å²) in [6.45, 7) is 8.45. The van der Waals surface area contributed by atoms with E-state index < -0.39 is 0 Å². The molecule has 170 valence electrons. The van der Waals surface area contributed by atoms with E-state index in [9.17, 15) is 0 Å². The number of ether oxygens (including phenoxy) is 2. The van der Waals surface area contributed by atoms with E-state index in [2.05, 4.69) is 40.5 Å². The van der Waals surface area contributed by atoms with Gasteiger partial charge in [-0.3, -0.25) is 0 Å². The second-order valence-electron chi connectivity index (χ2n) is 9.67. The molecule has 2 aliphatic rings. The van der Waals surface area contributed by atoms with Gasteiger partial charge in [-0.2, -0.15) is 0 Å². The number of benzene rings is 2. The molecule has 1 heterocycles. The third-order valence-electron chi connectivity index (χ3n) is 5.85. The fraction of sp³-hybridized carbons (Fsp3) is 0.444. The minimum Gasteiger partial charge on any atom is -0.490 e. The molecule has 2 aromatic rings. The van der Waals surface area contributed by atoms with Gasteiger partial charge in [0.25, 0.3) is 0 Å². The van der Waals surface area contributed by atoms with Gasteiger partial charge < -0.3 is 25.1 Å². The minimum absolute atomic E-state index is 0.265. The Morgan fingerprint density at radius 2 is 1.88 bits per heavy atom. The van der Waals surface area contributed by atoms with Crippen molar-refractivity contribution >= 4 is 22.8 Å². The predicted octanol–water partition coefficient (Wildman–Crippen LogP) is 6.12. The Morgan fingerprint density at radius 1 is 1.09 bits per heavy atom. The van der Waals surface area contributed by atoms with Crippen molar-refractivity contribution in [1.29, 1.82) is 5.41 Å². The maximum Gasteiger partial charge on any atom is 0.120 e. The summed E-state index contributed by atoms with van der Waals surface area (Å²) in [5.74, 6) is 0.883. The molecule has 32 heavy (non-hydrogen) atoms. The molecule has 2 aromatic carbocycles. The third-order valence-corrected chi connectivity index (χ3v) is 5.85. The lowest BCUT2D eigenvalue weighted by Crippen LogP contribution is -2.37. The molecule has 1 aliphatic heterocycles. The van der Waals surface area contributed by atoms with Crippen molar-refractivity contribution in [3.63, 3.8) is 0 Å². The third kappa shape index (κ3) is 5.92. The van der Waals surface area contributed by atoms with Crippen molar-refractivity contribution in [2.45, 2.75) is 58.2 Å². The Morgan fingerprint density at radius 3 is 2.53 bits per heavy atom. The molecule has 5 heteroatoms. The lowest BCUT2D eigenvalue weighted by atomic mass is 9.96. The summed E-state index contributed by atoms with van der Waals surface area (Å²) >= 11 is 0. The Kier molecular flexibility index (Phi) is 6.85. The van der Waals surface area contributed by atoms with Crippen LogP contribution in [0.3, 0.4) is 0 Å². The maximum atomic E-state index is 8.52. The van der Waals surface area contributed by atoms with Crippen LogP contribution in [0.4, 0.5) is 11.4 Å². The standard InChI is InChI=1S/C27H35N3O2/c1-27(2,3)31-19-21(28)18-25(20-9-6-12-23(17-20)32-22-10-7-11-22)29-24-13-4-5-14-26(24)30-15-8-16-30/h4-6,9,12-14,17-18,22,28-29H,7-8,10-11,15-16,19H2,1-3H3/b25-18-,28-21?. The summed E-state index contributed by atoms with van der Waals surface area (Å²) < 4.78 is 12.0. The van der Waals surface area contributed by atoms with Crippen molar-refractivity contribution in [1.82, 2.24) is 0 Å². The number of nitrogens with one attached hydrogen (secondary N) is 2. The average Bonchev–Trinajstić information content (AvgIpc) is 2.68. The van der Waals surface area contributed by atoms with Crippen LogP contribution in [0.5, 0.6) is 5.75 Å². The Bertz CT molecular complexity index is 969. The second kappa shape index (κ2) is 9.78. The van der Waals surface area contributed by atoms with Crippen molar-refractivity contribution in [2.75, 3.05) is 29.9 Å². The quantitative estimate of drug-likeness (QED) is 0.468. The number of anilines is 2. The Labute approximate surface area is 191 Å². The van der Waals surface area contributed by atoms with E-state index in [0.717, 1.165) is 48.6 Å². The highest BCUT2D eigenvalue weighted by Crippen LogP contribution is 2.33. The molecule has 2 N–H and O–H groups in total. The first kappa shape index (κ1) is 22.4. The van der Waals surface area contributed by atoms with Crippen molar-refractivity contribution in [3.05, 3.63) is 60.2 Å². The van der Waals surface area contributed by atoms with E-state index in [0.29, 0.717) is 11.8 Å². The first-order valence-electron chi connectivity index (χ1n) is 11.7. The summed E-state index contributed by atoms with van der Waals surface area (Å²) in [7, 11) is 0. The van der Waals surface area contributed by atoms with Crippen LogP contribution < -0.4 is 15.0 Å². The van der Waals surface area contributed by atoms with Gasteiger partial charge >= 0.3 is 0 Å². The van der Waals surface area contributed by atoms with E-state index >= 15 is 0 Å². The number of rotatable bonds is 9. The molecule has 0 spiro atoms. The molecule has 1 saturated heterocycles. The summed E-state index contributed by atoms with van der Waals surface area (Å²) in [4.78, 5) is 2.38. The predicted molar refractivity (Wildman–Crippen MR) is 133 cm³/mol. The van der Waals surface area contributed by atoms with Gasteiger partial charge in [-0.25, -0.2) is 0 Å². The molecule has 0 bridgehead atoms. The highest BCUT2D eigenvalue weighted by molar-refractivity contribution is 6.02. The van der Waals surface area contributed by atoms with E-state index in [-0.39, 0.29) is 12.2 Å². The normalized spacial score (nSPS) is 16.8. The van der Waals surface area contributed by atoms with Crippen LogP contribution in [-0.2, 0) is 4.74 Å². The van der Waals surface area contributed by atoms with Crippen LogP contribution in [-0.4, -0.2) is 37.1 Å². The zero-order valence-corrected chi connectivity index (χ0v) is 19.5. The summed E-state index contributed by atoms with van der Waals surface area (Å²) in [6, 6.07) is 16.6. The molecular weight excluding hydrogens is 398 g/mol. The van der Waals surface area contributed by atoms with E-state index in [1.807, 2.05) is 45.0 Å². The maximum absolute atomic E-state index is 8.52. The minimum atomic E-state index is -0.283. The van der Waals surface area contributed by atoms with E-state index in [4.69, 9.17) is 14.9 Å². The van der Waals surface area contributed by atoms with Crippen LogP contribution in [0.1, 0.15) is 52.0 Å². The van der Waals surface area contributed by atoms with Gasteiger partial charge in [0.05, 0.1) is 35.4 Å². The summed E-state index contributed by atoms with van der Waals surface area (Å²) in [6.07, 6.45) is 6.94. The van der Waals surface area contributed by atoms with Gasteiger partial charge in [-0.15, -0.1) is 0 Å². The molecule has 0 aromatic heterocycles. The lowest BCUT2D eigenvalue weighted by molar-refractivity contribution is 0.0214. The molecule has 0 amide bonds. The molecule has 4 rings (SSSR count). The molecule has 2 fully saturated rings. The van der Waals surface area contributed by atoms with Crippen molar-refractivity contribution < 1.29 is 9.47 Å². The van der Waals surface area contributed by atoms with E-state index in [1.165, 1.54) is 18.5 Å². The average molecular weight is 434 g/mol. The van der Waals surface area contributed by atoms with E-state index in [1.54, 1.807) is 0 Å². The lowest BCUT2D eigenvalue weighted by Gasteiger charge is -2.35. The SMILES string of the molecule is CC(C)(C)OCC(=N)/C=C(\Nc1ccccc1N1CCC1)c1cccc(OC2CCC2)c1. The van der Waals surface area contributed by atoms with Crippen LogP contribution in [0, 0.1) is 5.41 Å². The van der Waals surface area contributed by atoms with Crippen LogP contribution in [0.2, 0.25) is 0 Å². The summed E-state index contributed by atoms with van der Waals surface area (Å²) in [5.41, 5.74) is 4.26. The van der Waals surface area contributed by atoms with Gasteiger partial charge in [0.2, 0.25) is 0 Å². The first-order chi connectivity index (χ1) is 15.4. The monoisotopic (exact) mass is 433 g/mol. The van der Waals surface area contributed by atoms with Gasteiger partial charge in [0.1, 0.15) is 5.75 Å². The molecule has 1 aliphatic carbocycles. The van der Waals surface area contributed by atoms with Gasteiger partial charge in [0.15, 0.2) is 0 Å². The number of para-hydroxylation sites is 2. The molecule has 1 saturated carbocycles. The van der Waals surface area contributed by atoms with Crippen LogP contribution in [0.15, 0.2) is 54.6 Å². The highest BCUT2D eigenvalue weighted by atomic mass is 16.5. The van der Waals surface area contributed by atoms with Gasteiger partial charge in [-0.1, -0.05) is 24.3 Å². The zero-order chi connectivity index (χ0) is 22.6. The first-order valence-corrected chi connectivity index (χ1v) is 11.7. The van der Waals surface area contributed by atoms with Gasteiger partial charge in [-0.05, 0) is 76.8 Å². The number of hydrogen-bond donors (Lipinski definition) is 2. The number of hydrogen-bond acceptors (Lipinski definition) is 5. The Balaban J connectivity index is 1.60. The largest absolute Gasteiger partial charge is 0.490 e. The van der Waals surface area contributed by atoms with Crippen molar-refractivity contribution in [2.24, 2.45) is 0 Å². The molecule has 0 atom stereocenters. The van der Waals surface area contributed by atoms with Crippen LogP contribution in [0.25, 0.3) is 5.70 Å². The zero-order valence-electron chi connectivity index (χ0n) is 19.5. The highest BCUT2D eigenvalue weighted by Gasteiger charge is 2.20.